The van der Waals surface area contributed by atoms with E-state index in [9.17, 15) is 14.0 Å². The predicted octanol–water partition coefficient (Wildman–Crippen LogP) is 3.29. The molecule has 1 spiro atoms. The molecular formula is C26H32FN3O5. The maximum Gasteiger partial charge on any atom is 0.328 e. The molecule has 2 aliphatic rings. The molecule has 8 nitrogen and oxygen atoms in total. The van der Waals surface area contributed by atoms with E-state index in [-0.39, 0.29) is 24.2 Å². The Balaban J connectivity index is 1.50. The second-order valence-corrected chi connectivity index (χ2v) is 8.95. The summed E-state index contributed by atoms with van der Waals surface area (Å²) in [5.41, 5.74) is 0.882. The van der Waals surface area contributed by atoms with Gasteiger partial charge in [-0.05, 0) is 48.2 Å². The zero-order valence-corrected chi connectivity index (χ0v) is 20.5. The second-order valence-electron chi connectivity index (χ2n) is 8.95. The molecule has 0 radical (unpaired) electrons. The fourth-order valence-corrected chi connectivity index (χ4v) is 4.99. The Bertz CT molecular complexity index is 1070. The Labute approximate surface area is 205 Å². The van der Waals surface area contributed by atoms with Crippen LogP contribution < -0.4 is 9.47 Å². The average molecular weight is 486 g/mol. The van der Waals surface area contributed by atoms with E-state index in [1.54, 1.807) is 31.3 Å². The number of carbonyl (C=O) groups excluding carboxylic acids is 2. The van der Waals surface area contributed by atoms with Gasteiger partial charge in [-0.3, -0.25) is 14.6 Å². The number of carbonyl (C=O) groups is 2. The molecular weight excluding hydrogens is 453 g/mol. The van der Waals surface area contributed by atoms with Crippen LogP contribution in [0.25, 0.3) is 0 Å². The highest BCUT2D eigenvalue weighted by Gasteiger charge is 2.57. The van der Waals surface area contributed by atoms with E-state index in [0.717, 1.165) is 11.1 Å². The molecule has 0 atom stereocenters. The van der Waals surface area contributed by atoms with Crippen LogP contribution in [0.2, 0.25) is 0 Å². The molecule has 2 aliphatic heterocycles. The molecule has 2 aromatic rings. The number of methoxy groups -OCH3 is 3. The first-order valence-electron chi connectivity index (χ1n) is 11.7. The van der Waals surface area contributed by atoms with Crippen molar-refractivity contribution < 1.29 is 28.2 Å². The number of likely N-dealkylation sites (tertiary alicyclic amines) is 1. The van der Waals surface area contributed by atoms with Crippen LogP contribution in [0.4, 0.5) is 9.18 Å². The molecule has 2 heterocycles. The fourth-order valence-electron chi connectivity index (χ4n) is 4.99. The number of ether oxygens (including phenoxy) is 3. The average Bonchev–Trinajstić information content (AvgIpc) is 3.06. The monoisotopic (exact) mass is 485 g/mol. The number of imide groups is 1. The second kappa shape index (κ2) is 10.6. The van der Waals surface area contributed by atoms with Crippen molar-refractivity contribution in [2.75, 3.05) is 47.6 Å². The van der Waals surface area contributed by atoms with Gasteiger partial charge in [0, 0.05) is 33.3 Å². The molecule has 0 aromatic heterocycles. The summed E-state index contributed by atoms with van der Waals surface area (Å²) in [6.07, 6.45) is 1.04. The molecule has 2 fully saturated rings. The van der Waals surface area contributed by atoms with E-state index in [1.807, 2.05) is 24.3 Å². The smallest absolute Gasteiger partial charge is 0.328 e. The Morgan fingerprint density at radius 1 is 0.943 bits per heavy atom. The lowest BCUT2D eigenvalue weighted by atomic mass is 9.85. The highest BCUT2D eigenvalue weighted by molar-refractivity contribution is 6.07. The molecule has 0 saturated carbocycles. The lowest BCUT2D eigenvalue weighted by Gasteiger charge is -2.42. The van der Waals surface area contributed by atoms with Crippen molar-refractivity contribution in [2.45, 2.75) is 31.5 Å². The van der Waals surface area contributed by atoms with Gasteiger partial charge in [0.05, 0.1) is 27.4 Å². The Kier molecular flexibility index (Phi) is 7.57. The van der Waals surface area contributed by atoms with Crippen LogP contribution in [0.3, 0.4) is 0 Å². The third-order valence-electron chi connectivity index (χ3n) is 6.92. The quantitative estimate of drug-likeness (QED) is 0.508. The lowest BCUT2D eigenvalue weighted by molar-refractivity contribution is -0.136. The van der Waals surface area contributed by atoms with E-state index in [2.05, 4.69) is 4.90 Å². The van der Waals surface area contributed by atoms with Crippen molar-refractivity contribution in [1.29, 1.82) is 0 Å². The molecule has 2 aromatic carbocycles. The Morgan fingerprint density at radius 2 is 1.69 bits per heavy atom. The number of halogens is 1. The molecule has 4 rings (SSSR count). The molecule has 0 unspecified atom stereocenters. The maximum absolute atomic E-state index is 13.8. The zero-order chi connectivity index (χ0) is 25.0. The van der Waals surface area contributed by atoms with Crippen molar-refractivity contribution in [3.05, 3.63) is 59.4 Å². The van der Waals surface area contributed by atoms with E-state index in [4.69, 9.17) is 14.2 Å². The summed E-state index contributed by atoms with van der Waals surface area (Å²) in [6.45, 7) is 2.78. The van der Waals surface area contributed by atoms with Crippen molar-refractivity contribution in [2.24, 2.45) is 0 Å². The summed E-state index contributed by atoms with van der Waals surface area (Å²) in [4.78, 5) is 32.4. The van der Waals surface area contributed by atoms with Gasteiger partial charge in [-0.25, -0.2) is 9.18 Å². The minimum atomic E-state index is -0.883. The fraction of sp³-hybridized carbons (Fsp3) is 0.462. The molecule has 3 amide bonds. The minimum Gasteiger partial charge on any atom is -0.497 e. The van der Waals surface area contributed by atoms with Crippen LogP contribution in [0.15, 0.2) is 42.5 Å². The zero-order valence-electron chi connectivity index (χ0n) is 20.5. The number of benzene rings is 2. The number of piperidine rings is 1. The van der Waals surface area contributed by atoms with E-state index in [1.165, 1.54) is 18.1 Å². The number of hydrogen-bond acceptors (Lipinski definition) is 6. The van der Waals surface area contributed by atoms with Gasteiger partial charge in [0.2, 0.25) is 0 Å². The number of nitrogens with zero attached hydrogens (tertiary/aromatic N) is 3. The maximum atomic E-state index is 13.8. The highest BCUT2D eigenvalue weighted by Crippen LogP contribution is 2.38. The first-order chi connectivity index (χ1) is 16.9. The minimum absolute atomic E-state index is 0.162. The summed E-state index contributed by atoms with van der Waals surface area (Å²) in [5, 5.41) is 0. The molecule has 2 saturated heterocycles. The van der Waals surface area contributed by atoms with Crippen LogP contribution in [0.1, 0.15) is 24.0 Å². The van der Waals surface area contributed by atoms with Gasteiger partial charge in [0.25, 0.3) is 5.91 Å². The topological polar surface area (TPSA) is 71.6 Å². The van der Waals surface area contributed by atoms with Gasteiger partial charge >= 0.3 is 6.03 Å². The Hall–Kier alpha value is -3.17. The summed E-state index contributed by atoms with van der Waals surface area (Å²) in [5.74, 6) is 0.336. The predicted molar refractivity (Wildman–Crippen MR) is 128 cm³/mol. The number of urea groups is 1. The molecule has 0 N–H and O–H groups in total. The third-order valence-corrected chi connectivity index (χ3v) is 6.92. The van der Waals surface area contributed by atoms with Crippen molar-refractivity contribution in [3.63, 3.8) is 0 Å². The first-order valence-corrected chi connectivity index (χ1v) is 11.7. The summed E-state index contributed by atoms with van der Waals surface area (Å²) < 4.78 is 29.4. The van der Waals surface area contributed by atoms with Crippen LogP contribution >= 0.6 is 0 Å². The summed E-state index contributed by atoms with van der Waals surface area (Å²) >= 11 is 0. The van der Waals surface area contributed by atoms with Gasteiger partial charge in [0.1, 0.15) is 11.3 Å². The van der Waals surface area contributed by atoms with Gasteiger partial charge < -0.3 is 19.1 Å². The molecule has 0 aliphatic carbocycles. The van der Waals surface area contributed by atoms with E-state index in [0.29, 0.717) is 51.4 Å². The van der Waals surface area contributed by atoms with Gasteiger partial charge in [0.15, 0.2) is 11.6 Å². The van der Waals surface area contributed by atoms with Crippen LogP contribution in [-0.4, -0.2) is 79.7 Å². The van der Waals surface area contributed by atoms with Crippen molar-refractivity contribution >= 4 is 11.9 Å². The van der Waals surface area contributed by atoms with E-state index >= 15 is 0 Å². The lowest BCUT2D eigenvalue weighted by Crippen LogP contribution is -2.57. The molecule has 9 heteroatoms. The van der Waals surface area contributed by atoms with Crippen LogP contribution in [0.5, 0.6) is 11.5 Å². The van der Waals surface area contributed by atoms with Gasteiger partial charge in [-0.2, -0.15) is 0 Å². The largest absolute Gasteiger partial charge is 0.497 e. The van der Waals surface area contributed by atoms with Crippen molar-refractivity contribution in [1.82, 2.24) is 14.7 Å². The van der Waals surface area contributed by atoms with Gasteiger partial charge in [-0.15, -0.1) is 0 Å². The number of hydrogen-bond donors (Lipinski definition) is 0. The third kappa shape index (κ3) is 4.97. The summed E-state index contributed by atoms with van der Waals surface area (Å²) in [6, 6.07) is 12.0. The highest BCUT2D eigenvalue weighted by atomic mass is 19.1. The number of amides is 3. The molecule has 188 valence electrons. The number of rotatable bonds is 9. The van der Waals surface area contributed by atoms with E-state index < -0.39 is 11.4 Å². The normalized spacial score (nSPS) is 17.9. The standard InChI is InChI=1S/C26H32FN3O5/c1-33-14-13-30-25(32)29(18-19-5-4-6-21(15-19)34-2)24(31)26(30)9-11-28(12-10-26)17-20-7-8-22(27)23(16-20)35-3/h4-8,15-16H,9-14,17-18H2,1-3H3. The summed E-state index contributed by atoms with van der Waals surface area (Å²) in [7, 11) is 4.62. The molecule has 35 heavy (non-hydrogen) atoms. The molecule has 0 bridgehead atoms. The van der Waals surface area contributed by atoms with Gasteiger partial charge in [-0.1, -0.05) is 18.2 Å². The first kappa shape index (κ1) is 24.9. The van der Waals surface area contributed by atoms with Crippen molar-refractivity contribution in [3.8, 4) is 11.5 Å². The van der Waals surface area contributed by atoms with Crippen LogP contribution in [-0.2, 0) is 22.6 Å². The Morgan fingerprint density at radius 3 is 2.37 bits per heavy atom. The van der Waals surface area contributed by atoms with Crippen LogP contribution in [0, 0.1) is 5.82 Å². The SMILES string of the molecule is COCCN1C(=O)N(Cc2cccc(OC)c2)C(=O)C12CCN(Cc1ccc(F)c(OC)c1)CC2.